The van der Waals surface area contributed by atoms with Crippen molar-refractivity contribution in [2.45, 2.75) is 44.6 Å². The lowest BCUT2D eigenvalue weighted by molar-refractivity contribution is -0.137. The van der Waals surface area contributed by atoms with Crippen molar-refractivity contribution in [2.75, 3.05) is 13.1 Å². The van der Waals surface area contributed by atoms with Crippen LogP contribution < -0.4 is 21.5 Å². The molecule has 1 aromatic carbocycles. The second-order valence-corrected chi connectivity index (χ2v) is 7.38. The molecule has 4 atom stereocenters. The summed E-state index contributed by atoms with van der Waals surface area (Å²) in [5.74, 6) is -0.111. The topological polar surface area (TPSA) is 65.2 Å². The normalized spacial score (nSPS) is 26.2. The van der Waals surface area contributed by atoms with Gasteiger partial charge >= 0.3 is 6.18 Å². The molecule has 2 heterocycles. The molecule has 0 aliphatic carbocycles. The molecular weight excluding hydrogens is 381 g/mol. The SMILES string of the molecule is CC(C)C(NC(=O)C1NNC2CCNCC21)c1cccc(C(F)(F)F)c1.Cl. The summed E-state index contributed by atoms with van der Waals surface area (Å²) >= 11 is 0. The summed E-state index contributed by atoms with van der Waals surface area (Å²) in [7, 11) is 0. The molecule has 2 aliphatic rings. The van der Waals surface area contributed by atoms with Crippen LogP contribution in [0.2, 0.25) is 0 Å². The van der Waals surface area contributed by atoms with Crippen LogP contribution in [0, 0.1) is 11.8 Å². The maximum absolute atomic E-state index is 13.0. The lowest BCUT2D eigenvalue weighted by atomic mass is 9.88. The molecule has 4 N–H and O–H groups in total. The van der Waals surface area contributed by atoms with Crippen LogP contribution in [0.1, 0.15) is 37.4 Å². The summed E-state index contributed by atoms with van der Waals surface area (Å²) in [5.41, 5.74) is 5.97. The highest BCUT2D eigenvalue weighted by Crippen LogP contribution is 2.32. The van der Waals surface area contributed by atoms with E-state index >= 15 is 0 Å². The fourth-order valence-electron chi connectivity index (χ4n) is 3.76. The minimum absolute atomic E-state index is 0. The first-order valence-electron chi connectivity index (χ1n) is 8.96. The standard InChI is InChI=1S/C18H25F3N4O.ClH/c1-10(2)15(11-4-3-5-12(8-11)18(19,20)21)23-17(26)16-13-9-22-7-6-14(13)24-25-16;/h3-5,8,10,13-16,22,24-25H,6-7,9H2,1-2H3,(H,23,26);1H. The van der Waals surface area contributed by atoms with Crippen molar-refractivity contribution in [3.63, 3.8) is 0 Å². The van der Waals surface area contributed by atoms with E-state index in [1.54, 1.807) is 6.07 Å². The first kappa shape index (κ1) is 21.9. The number of halogens is 4. The zero-order valence-electron chi connectivity index (χ0n) is 15.3. The Labute approximate surface area is 163 Å². The second-order valence-electron chi connectivity index (χ2n) is 7.38. The Kier molecular flexibility index (Phi) is 7.13. The number of benzene rings is 1. The van der Waals surface area contributed by atoms with Gasteiger partial charge in [0.05, 0.1) is 11.6 Å². The molecule has 2 saturated heterocycles. The van der Waals surface area contributed by atoms with E-state index in [2.05, 4.69) is 21.5 Å². The van der Waals surface area contributed by atoms with E-state index in [1.807, 2.05) is 13.8 Å². The molecule has 0 saturated carbocycles. The van der Waals surface area contributed by atoms with E-state index in [9.17, 15) is 18.0 Å². The maximum Gasteiger partial charge on any atom is 0.416 e. The van der Waals surface area contributed by atoms with Gasteiger partial charge in [0.1, 0.15) is 6.04 Å². The summed E-state index contributed by atoms with van der Waals surface area (Å²) in [6, 6.07) is 4.53. The molecule has 0 bridgehead atoms. The average molecular weight is 407 g/mol. The fourth-order valence-corrected chi connectivity index (χ4v) is 3.76. The van der Waals surface area contributed by atoms with Gasteiger partial charge in [-0.15, -0.1) is 12.4 Å². The number of amides is 1. The molecular formula is C18H26ClF3N4O. The van der Waals surface area contributed by atoms with Crippen LogP contribution in [-0.2, 0) is 11.0 Å². The van der Waals surface area contributed by atoms with Crippen LogP contribution >= 0.6 is 12.4 Å². The number of hydrogen-bond donors (Lipinski definition) is 4. The quantitative estimate of drug-likeness (QED) is 0.620. The third-order valence-corrected chi connectivity index (χ3v) is 5.20. The predicted molar refractivity (Wildman–Crippen MR) is 99.2 cm³/mol. The van der Waals surface area contributed by atoms with Gasteiger partial charge in [0.15, 0.2) is 0 Å². The van der Waals surface area contributed by atoms with Gasteiger partial charge in [0, 0.05) is 18.5 Å². The Bertz CT molecular complexity index is 656. The van der Waals surface area contributed by atoms with Crippen LogP contribution in [0.15, 0.2) is 24.3 Å². The first-order valence-corrected chi connectivity index (χ1v) is 8.96. The second kappa shape index (κ2) is 8.77. The Morgan fingerprint density at radius 3 is 2.67 bits per heavy atom. The van der Waals surface area contributed by atoms with Gasteiger partial charge in [-0.05, 0) is 36.6 Å². The van der Waals surface area contributed by atoms with E-state index in [-0.39, 0.29) is 36.2 Å². The third kappa shape index (κ3) is 4.93. The number of hydrazine groups is 1. The zero-order chi connectivity index (χ0) is 18.9. The van der Waals surface area contributed by atoms with E-state index < -0.39 is 23.8 Å². The van der Waals surface area contributed by atoms with Gasteiger partial charge in [-0.25, -0.2) is 5.43 Å². The van der Waals surface area contributed by atoms with Crippen molar-refractivity contribution in [1.29, 1.82) is 0 Å². The molecule has 9 heteroatoms. The molecule has 5 nitrogen and oxygen atoms in total. The van der Waals surface area contributed by atoms with E-state index in [4.69, 9.17) is 0 Å². The van der Waals surface area contributed by atoms with Gasteiger partial charge in [-0.2, -0.15) is 13.2 Å². The summed E-state index contributed by atoms with van der Waals surface area (Å²) in [5, 5.41) is 6.24. The molecule has 27 heavy (non-hydrogen) atoms. The average Bonchev–Trinajstić information content (AvgIpc) is 3.03. The number of carbonyl (C=O) groups excluding carboxylic acids is 1. The zero-order valence-corrected chi connectivity index (χ0v) is 16.1. The van der Waals surface area contributed by atoms with E-state index in [0.717, 1.165) is 31.6 Å². The Balaban J connectivity index is 0.00000261. The molecule has 1 aromatic rings. The summed E-state index contributed by atoms with van der Waals surface area (Å²) in [6.45, 7) is 5.41. The van der Waals surface area contributed by atoms with Gasteiger partial charge in [0.2, 0.25) is 5.91 Å². The predicted octanol–water partition coefficient (Wildman–Crippen LogP) is 2.40. The number of nitrogens with one attached hydrogen (secondary N) is 4. The lowest BCUT2D eigenvalue weighted by Crippen LogP contribution is -2.50. The minimum Gasteiger partial charge on any atom is -0.348 e. The number of hydrogen-bond acceptors (Lipinski definition) is 4. The summed E-state index contributed by atoms with van der Waals surface area (Å²) in [6.07, 6.45) is -3.47. The van der Waals surface area contributed by atoms with Gasteiger partial charge in [0.25, 0.3) is 0 Å². The molecule has 1 amide bonds. The number of piperidine rings is 1. The molecule has 0 spiro atoms. The van der Waals surface area contributed by atoms with E-state index in [1.165, 1.54) is 6.07 Å². The molecule has 152 valence electrons. The Morgan fingerprint density at radius 2 is 2.00 bits per heavy atom. The van der Waals surface area contributed by atoms with Crippen LogP contribution in [0.5, 0.6) is 0 Å². The summed E-state index contributed by atoms with van der Waals surface area (Å²) < 4.78 is 39.0. The Morgan fingerprint density at radius 1 is 1.26 bits per heavy atom. The van der Waals surface area contributed by atoms with Gasteiger partial charge in [-0.3, -0.25) is 10.2 Å². The molecule has 3 rings (SSSR count). The van der Waals surface area contributed by atoms with Crippen molar-refractivity contribution in [2.24, 2.45) is 11.8 Å². The van der Waals surface area contributed by atoms with Crippen molar-refractivity contribution in [3.05, 3.63) is 35.4 Å². The third-order valence-electron chi connectivity index (χ3n) is 5.20. The summed E-state index contributed by atoms with van der Waals surface area (Å²) in [4.78, 5) is 12.8. The van der Waals surface area contributed by atoms with Crippen molar-refractivity contribution in [3.8, 4) is 0 Å². The number of fused-ring (bicyclic) bond motifs is 1. The molecule has 4 unspecified atom stereocenters. The minimum atomic E-state index is -4.40. The van der Waals surface area contributed by atoms with Crippen LogP contribution in [-0.4, -0.2) is 31.1 Å². The monoisotopic (exact) mass is 406 g/mol. The van der Waals surface area contributed by atoms with Crippen molar-refractivity contribution in [1.82, 2.24) is 21.5 Å². The first-order chi connectivity index (χ1) is 12.3. The van der Waals surface area contributed by atoms with Crippen LogP contribution in [0.25, 0.3) is 0 Å². The molecule has 0 aromatic heterocycles. The molecule has 0 radical (unpaired) electrons. The van der Waals surface area contributed by atoms with Crippen LogP contribution in [0.3, 0.4) is 0 Å². The maximum atomic E-state index is 13.0. The molecule has 2 fully saturated rings. The smallest absolute Gasteiger partial charge is 0.348 e. The fraction of sp³-hybridized carbons (Fsp3) is 0.611. The number of alkyl halides is 3. The van der Waals surface area contributed by atoms with E-state index in [0.29, 0.717) is 5.56 Å². The molecule has 2 aliphatic heterocycles. The van der Waals surface area contributed by atoms with Crippen LogP contribution in [0.4, 0.5) is 13.2 Å². The lowest BCUT2D eigenvalue weighted by Gasteiger charge is -2.29. The largest absolute Gasteiger partial charge is 0.416 e. The highest BCUT2D eigenvalue weighted by atomic mass is 35.5. The number of rotatable bonds is 4. The van der Waals surface area contributed by atoms with Gasteiger partial charge < -0.3 is 10.6 Å². The Hall–Kier alpha value is -1.35. The van der Waals surface area contributed by atoms with Crippen molar-refractivity contribution >= 4 is 18.3 Å². The van der Waals surface area contributed by atoms with Crippen molar-refractivity contribution < 1.29 is 18.0 Å². The number of carbonyl (C=O) groups is 1. The highest BCUT2D eigenvalue weighted by Gasteiger charge is 2.42. The van der Waals surface area contributed by atoms with Gasteiger partial charge in [-0.1, -0.05) is 26.0 Å². The highest BCUT2D eigenvalue weighted by molar-refractivity contribution is 5.85.